The number of methoxy groups -OCH3 is 1. The normalized spacial score (nSPS) is 21.8. The highest BCUT2D eigenvalue weighted by atomic mass is 16.5. The van der Waals surface area contributed by atoms with Crippen LogP contribution >= 0.6 is 0 Å². The van der Waals surface area contributed by atoms with E-state index in [-0.39, 0.29) is 24.5 Å². The van der Waals surface area contributed by atoms with Crippen molar-refractivity contribution in [3.05, 3.63) is 29.3 Å². The molecule has 2 atom stereocenters. The van der Waals surface area contributed by atoms with E-state index in [9.17, 15) is 9.90 Å². The molecule has 110 valence electrons. The third kappa shape index (κ3) is 3.51. The standard InChI is InChI=1S/C16H23NO3/c1-11-6-7-12(8-15(11)20-2)9-16(19)17-14-5-3-4-13(14)10-18/h6-8,13-14,18H,3-5,9-10H2,1-2H3,(H,17,19). The van der Waals surface area contributed by atoms with E-state index in [0.29, 0.717) is 6.42 Å². The SMILES string of the molecule is COc1cc(CC(=O)NC2CCCC2CO)ccc1C. The molecule has 4 heteroatoms. The van der Waals surface area contributed by atoms with Crippen LogP contribution in [0, 0.1) is 12.8 Å². The lowest BCUT2D eigenvalue weighted by atomic mass is 10.0. The lowest BCUT2D eigenvalue weighted by Gasteiger charge is -2.19. The van der Waals surface area contributed by atoms with Crippen LogP contribution in [-0.4, -0.2) is 30.8 Å². The molecular formula is C16H23NO3. The second kappa shape index (κ2) is 6.75. The zero-order valence-corrected chi connectivity index (χ0v) is 12.2. The van der Waals surface area contributed by atoms with E-state index in [0.717, 1.165) is 36.1 Å². The summed E-state index contributed by atoms with van der Waals surface area (Å²) in [5, 5.41) is 12.3. The third-order valence-corrected chi connectivity index (χ3v) is 4.08. The number of amides is 1. The van der Waals surface area contributed by atoms with Gasteiger partial charge < -0.3 is 15.2 Å². The zero-order chi connectivity index (χ0) is 14.5. The number of carbonyl (C=O) groups is 1. The van der Waals surface area contributed by atoms with Gasteiger partial charge in [-0.2, -0.15) is 0 Å². The molecule has 20 heavy (non-hydrogen) atoms. The number of rotatable bonds is 5. The van der Waals surface area contributed by atoms with Gasteiger partial charge >= 0.3 is 0 Å². The molecule has 1 fully saturated rings. The Bertz CT molecular complexity index is 473. The van der Waals surface area contributed by atoms with E-state index < -0.39 is 0 Å². The van der Waals surface area contributed by atoms with Crippen LogP contribution in [0.5, 0.6) is 5.75 Å². The summed E-state index contributed by atoms with van der Waals surface area (Å²) in [6.07, 6.45) is 3.40. The second-order valence-electron chi connectivity index (χ2n) is 5.53. The maximum atomic E-state index is 12.1. The highest BCUT2D eigenvalue weighted by molar-refractivity contribution is 5.79. The van der Waals surface area contributed by atoms with E-state index in [1.807, 2.05) is 25.1 Å². The van der Waals surface area contributed by atoms with Crippen molar-refractivity contribution in [1.29, 1.82) is 0 Å². The molecule has 1 aromatic carbocycles. The molecule has 0 heterocycles. The van der Waals surface area contributed by atoms with Crippen molar-refractivity contribution in [2.24, 2.45) is 5.92 Å². The molecular weight excluding hydrogens is 254 g/mol. The van der Waals surface area contributed by atoms with Crippen LogP contribution in [0.25, 0.3) is 0 Å². The molecule has 1 saturated carbocycles. The molecule has 4 nitrogen and oxygen atoms in total. The number of benzene rings is 1. The van der Waals surface area contributed by atoms with Crippen LogP contribution in [0.3, 0.4) is 0 Å². The number of hydrogen-bond donors (Lipinski definition) is 2. The molecule has 0 radical (unpaired) electrons. The lowest BCUT2D eigenvalue weighted by molar-refractivity contribution is -0.121. The van der Waals surface area contributed by atoms with Gasteiger partial charge in [0.25, 0.3) is 0 Å². The first-order valence-electron chi connectivity index (χ1n) is 7.17. The highest BCUT2D eigenvalue weighted by Crippen LogP contribution is 2.25. The summed E-state index contributed by atoms with van der Waals surface area (Å²) in [5.74, 6) is 1.04. The molecule has 1 aromatic rings. The fraction of sp³-hybridized carbons (Fsp3) is 0.562. The van der Waals surface area contributed by atoms with Crippen molar-refractivity contribution < 1.29 is 14.6 Å². The maximum Gasteiger partial charge on any atom is 0.224 e. The van der Waals surface area contributed by atoms with Crippen molar-refractivity contribution in [3.63, 3.8) is 0 Å². The van der Waals surface area contributed by atoms with Crippen molar-refractivity contribution in [2.45, 2.75) is 38.6 Å². The Morgan fingerprint density at radius 1 is 1.45 bits per heavy atom. The fourth-order valence-corrected chi connectivity index (χ4v) is 2.86. The Morgan fingerprint density at radius 2 is 2.25 bits per heavy atom. The molecule has 2 unspecified atom stereocenters. The number of aryl methyl sites for hydroxylation is 1. The summed E-state index contributed by atoms with van der Waals surface area (Å²) < 4.78 is 5.27. The van der Waals surface area contributed by atoms with Crippen molar-refractivity contribution >= 4 is 5.91 Å². The first-order chi connectivity index (χ1) is 9.63. The molecule has 0 saturated heterocycles. The smallest absolute Gasteiger partial charge is 0.224 e. The van der Waals surface area contributed by atoms with Crippen LogP contribution in [0.2, 0.25) is 0 Å². The minimum atomic E-state index is 0.0151. The van der Waals surface area contributed by atoms with Gasteiger partial charge in [-0.3, -0.25) is 4.79 Å². The number of aliphatic hydroxyl groups excluding tert-OH is 1. The Hall–Kier alpha value is -1.55. The first-order valence-corrected chi connectivity index (χ1v) is 7.17. The second-order valence-corrected chi connectivity index (χ2v) is 5.53. The number of aliphatic hydroxyl groups is 1. The summed E-state index contributed by atoms with van der Waals surface area (Å²) in [6.45, 7) is 2.14. The van der Waals surface area contributed by atoms with Crippen molar-refractivity contribution in [3.8, 4) is 5.75 Å². The van der Waals surface area contributed by atoms with Crippen LogP contribution in [0.15, 0.2) is 18.2 Å². The summed E-state index contributed by atoms with van der Waals surface area (Å²) in [5.41, 5.74) is 2.01. The number of hydrogen-bond acceptors (Lipinski definition) is 3. The molecule has 0 bridgehead atoms. The molecule has 2 N–H and O–H groups in total. The minimum Gasteiger partial charge on any atom is -0.496 e. The Labute approximate surface area is 120 Å². The number of carbonyl (C=O) groups excluding carboxylic acids is 1. The van der Waals surface area contributed by atoms with Gasteiger partial charge in [0, 0.05) is 18.6 Å². The van der Waals surface area contributed by atoms with E-state index in [1.165, 1.54) is 0 Å². The van der Waals surface area contributed by atoms with Gasteiger partial charge in [-0.15, -0.1) is 0 Å². The monoisotopic (exact) mass is 277 g/mol. The number of ether oxygens (including phenoxy) is 1. The molecule has 0 aromatic heterocycles. The molecule has 0 spiro atoms. The predicted molar refractivity (Wildman–Crippen MR) is 77.8 cm³/mol. The molecule has 1 aliphatic carbocycles. The van der Waals surface area contributed by atoms with E-state index in [4.69, 9.17) is 4.74 Å². The van der Waals surface area contributed by atoms with Gasteiger partial charge in [-0.05, 0) is 37.0 Å². The average molecular weight is 277 g/mol. The molecule has 0 aliphatic heterocycles. The Kier molecular flexibility index (Phi) is 5.01. The lowest BCUT2D eigenvalue weighted by Crippen LogP contribution is -2.39. The van der Waals surface area contributed by atoms with Crippen LogP contribution < -0.4 is 10.1 Å². The quantitative estimate of drug-likeness (QED) is 0.863. The van der Waals surface area contributed by atoms with Gasteiger partial charge in [0.2, 0.25) is 5.91 Å². The van der Waals surface area contributed by atoms with Gasteiger partial charge in [0.15, 0.2) is 0 Å². The molecule has 1 aliphatic rings. The topological polar surface area (TPSA) is 58.6 Å². The maximum absolute atomic E-state index is 12.1. The molecule has 2 rings (SSSR count). The van der Waals surface area contributed by atoms with Gasteiger partial charge in [-0.1, -0.05) is 18.6 Å². The summed E-state index contributed by atoms with van der Waals surface area (Å²) in [7, 11) is 1.64. The van der Waals surface area contributed by atoms with Crippen LogP contribution in [0.1, 0.15) is 30.4 Å². The van der Waals surface area contributed by atoms with Gasteiger partial charge in [0.05, 0.1) is 13.5 Å². The molecule has 1 amide bonds. The summed E-state index contributed by atoms with van der Waals surface area (Å²) >= 11 is 0. The highest BCUT2D eigenvalue weighted by Gasteiger charge is 2.27. The van der Waals surface area contributed by atoms with E-state index >= 15 is 0 Å². The van der Waals surface area contributed by atoms with Gasteiger partial charge in [0.1, 0.15) is 5.75 Å². The van der Waals surface area contributed by atoms with Gasteiger partial charge in [-0.25, -0.2) is 0 Å². The van der Waals surface area contributed by atoms with E-state index in [1.54, 1.807) is 7.11 Å². The summed E-state index contributed by atoms with van der Waals surface area (Å²) in [4.78, 5) is 12.1. The van der Waals surface area contributed by atoms with Crippen molar-refractivity contribution in [1.82, 2.24) is 5.32 Å². The fourth-order valence-electron chi connectivity index (χ4n) is 2.86. The predicted octanol–water partition coefficient (Wildman–Crippen LogP) is 1.82. The average Bonchev–Trinajstić information content (AvgIpc) is 2.88. The largest absolute Gasteiger partial charge is 0.496 e. The Morgan fingerprint density at radius 3 is 2.95 bits per heavy atom. The van der Waals surface area contributed by atoms with Crippen LogP contribution in [0.4, 0.5) is 0 Å². The first kappa shape index (κ1) is 14.9. The Balaban J connectivity index is 1.94. The summed E-state index contributed by atoms with van der Waals surface area (Å²) in [6, 6.07) is 5.95. The van der Waals surface area contributed by atoms with Crippen molar-refractivity contribution in [2.75, 3.05) is 13.7 Å². The zero-order valence-electron chi connectivity index (χ0n) is 12.2. The number of nitrogens with one attached hydrogen (secondary N) is 1. The minimum absolute atomic E-state index is 0.0151. The van der Waals surface area contributed by atoms with E-state index in [2.05, 4.69) is 5.32 Å². The third-order valence-electron chi connectivity index (χ3n) is 4.08. The van der Waals surface area contributed by atoms with Crippen LogP contribution in [-0.2, 0) is 11.2 Å².